The highest BCUT2D eigenvalue weighted by Crippen LogP contribution is 2.28. The Kier molecular flexibility index (Phi) is 4.37. The van der Waals surface area contributed by atoms with Gasteiger partial charge in [0.25, 0.3) is 0 Å². The molecule has 0 saturated heterocycles. The molecule has 7 nitrogen and oxygen atoms in total. The Labute approximate surface area is 176 Å². The van der Waals surface area contributed by atoms with Crippen LogP contribution in [0.2, 0.25) is 5.02 Å². The van der Waals surface area contributed by atoms with Crippen molar-refractivity contribution in [3.8, 4) is 11.5 Å². The monoisotopic (exact) mass is 417 g/mol. The summed E-state index contributed by atoms with van der Waals surface area (Å²) >= 11 is 6.01. The second-order valence-corrected chi connectivity index (χ2v) is 7.29. The van der Waals surface area contributed by atoms with Crippen LogP contribution < -0.4 is 10.5 Å². The maximum absolute atomic E-state index is 13.0. The molecule has 0 aliphatic heterocycles. The van der Waals surface area contributed by atoms with Gasteiger partial charge >= 0.3 is 0 Å². The van der Waals surface area contributed by atoms with Crippen LogP contribution in [0.1, 0.15) is 10.4 Å². The molecule has 5 rings (SSSR count). The molecule has 0 aliphatic carbocycles. The van der Waals surface area contributed by atoms with Gasteiger partial charge in [-0.05, 0) is 36.4 Å². The normalized spacial score (nSPS) is 11.2. The van der Waals surface area contributed by atoms with Gasteiger partial charge in [0, 0.05) is 46.0 Å². The van der Waals surface area contributed by atoms with Crippen LogP contribution in [0.15, 0.2) is 67.3 Å². The number of aromatic nitrogens is 4. The average molecular weight is 418 g/mol. The van der Waals surface area contributed by atoms with Gasteiger partial charge in [0.05, 0.1) is 23.9 Å². The number of anilines is 1. The minimum atomic E-state index is -0.0222. The number of aromatic amines is 1. The van der Waals surface area contributed by atoms with E-state index >= 15 is 0 Å². The number of hydrogen-bond acceptors (Lipinski definition) is 5. The minimum Gasteiger partial charge on any atom is -0.457 e. The first-order chi connectivity index (χ1) is 14.6. The first kappa shape index (κ1) is 18.2. The van der Waals surface area contributed by atoms with Crippen LogP contribution >= 0.6 is 11.6 Å². The van der Waals surface area contributed by atoms with Crippen LogP contribution in [0.25, 0.3) is 21.9 Å². The Morgan fingerprint density at radius 1 is 1.10 bits per heavy atom. The van der Waals surface area contributed by atoms with Crippen molar-refractivity contribution in [1.29, 1.82) is 0 Å². The summed E-state index contributed by atoms with van der Waals surface area (Å²) in [5, 5.41) is 1.44. The molecular weight excluding hydrogens is 402 g/mol. The number of Topliss-reactive ketones (excluding diaryl/α,β-unsaturated/α-hetero) is 1. The summed E-state index contributed by atoms with van der Waals surface area (Å²) in [5.41, 5.74) is 8.72. The molecule has 3 aromatic heterocycles. The summed E-state index contributed by atoms with van der Waals surface area (Å²) in [4.78, 5) is 24.4. The highest BCUT2D eigenvalue weighted by Gasteiger charge is 2.15. The Balaban J connectivity index is 1.41. The smallest absolute Gasteiger partial charge is 0.184 e. The zero-order valence-electron chi connectivity index (χ0n) is 15.7. The second-order valence-electron chi connectivity index (χ2n) is 6.86. The number of imidazole rings is 1. The van der Waals surface area contributed by atoms with Gasteiger partial charge in [0.2, 0.25) is 0 Å². The highest BCUT2D eigenvalue weighted by atomic mass is 35.5. The Morgan fingerprint density at radius 3 is 2.83 bits per heavy atom. The molecule has 0 radical (unpaired) electrons. The number of benzene rings is 2. The number of nitrogens with zero attached hydrogens (tertiary/aromatic N) is 3. The number of fused-ring (bicyclic) bond motifs is 2. The van der Waals surface area contributed by atoms with Gasteiger partial charge in [-0.3, -0.25) is 4.79 Å². The third-order valence-electron chi connectivity index (χ3n) is 4.84. The molecule has 0 unspecified atom stereocenters. The van der Waals surface area contributed by atoms with Gasteiger partial charge in [0.15, 0.2) is 5.78 Å². The largest absolute Gasteiger partial charge is 0.457 e. The summed E-state index contributed by atoms with van der Waals surface area (Å²) in [5.74, 6) is 1.59. The van der Waals surface area contributed by atoms with Crippen LogP contribution in [-0.2, 0) is 6.54 Å². The molecule has 0 amide bonds. The highest BCUT2D eigenvalue weighted by molar-refractivity contribution is 6.31. The minimum absolute atomic E-state index is 0.0222. The van der Waals surface area contributed by atoms with Crippen molar-refractivity contribution in [2.24, 2.45) is 0 Å². The maximum atomic E-state index is 13.0. The molecule has 0 bridgehead atoms. The number of carbonyl (C=O) groups is 1. The number of pyridine rings is 1. The molecular formula is C22H16ClN5O2. The number of hydrogen-bond donors (Lipinski definition) is 2. The van der Waals surface area contributed by atoms with E-state index in [-0.39, 0.29) is 12.3 Å². The summed E-state index contributed by atoms with van der Waals surface area (Å²) in [6.45, 7) is 0.180. The molecule has 0 aliphatic rings. The van der Waals surface area contributed by atoms with Crippen LogP contribution in [0.5, 0.6) is 11.5 Å². The summed E-state index contributed by atoms with van der Waals surface area (Å²) in [6.07, 6.45) is 4.96. The topological polar surface area (TPSA) is 98.8 Å². The molecule has 3 N–H and O–H groups in total. The second kappa shape index (κ2) is 7.20. The van der Waals surface area contributed by atoms with Gasteiger partial charge in [-0.2, -0.15) is 0 Å². The molecule has 0 fully saturated rings. The van der Waals surface area contributed by atoms with Gasteiger partial charge in [-0.15, -0.1) is 0 Å². The molecule has 0 spiro atoms. The predicted octanol–water partition coefficient (Wildman–Crippen LogP) is 4.82. The van der Waals surface area contributed by atoms with Crippen molar-refractivity contribution >= 4 is 45.1 Å². The Morgan fingerprint density at radius 2 is 1.97 bits per heavy atom. The predicted molar refractivity (Wildman–Crippen MR) is 116 cm³/mol. The molecule has 2 aromatic carbocycles. The Hall–Kier alpha value is -3.84. The molecule has 0 atom stereocenters. The number of ether oxygens (including phenoxy) is 1. The van der Waals surface area contributed by atoms with E-state index in [9.17, 15) is 4.79 Å². The number of halogens is 1. The number of rotatable bonds is 5. The quantitative estimate of drug-likeness (QED) is 0.399. The Bertz CT molecular complexity index is 1410. The lowest BCUT2D eigenvalue weighted by Crippen LogP contribution is -2.09. The first-order valence-electron chi connectivity index (χ1n) is 9.21. The van der Waals surface area contributed by atoms with Crippen molar-refractivity contribution in [2.75, 3.05) is 5.73 Å². The van der Waals surface area contributed by atoms with E-state index in [2.05, 4.69) is 15.0 Å². The molecule has 8 heteroatoms. The van der Waals surface area contributed by atoms with Crippen LogP contribution in [-0.4, -0.2) is 25.3 Å². The van der Waals surface area contributed by atoms with Crippen molar-refractivity contribution in [3.63, 3.8) is 0 Å². The van der Waals surface area contributed by atoms with Crippen LogP contribution in [0.4, 0.5) is 5.82 Å². The van der Waals surface area contributed by atoms with E-state index in [1.807, 2.05) is 28.8 Å². The van der Waals surface area contributed by atoms with E-state index in [1.165, 1.54) is 0 Å². The van der Waals surface area contributed by atoms with E-state index < -0.39 is 0 Å². The van der Waals surface area contributed by atoms with Gasteiger partial charge in [0.1, 0.15) is 17.3 Å². The maximum Gasteiger partial charge on any atom is 0.184 e. The summed E-state index contributed by atoms with van der Waals surface area (Å²) < 4.78 is 7.65. The van der Waals surface area contributed by atoms with Crippen molar-refractivity contribution < 1.29 is 9.53 Å². The summed E-state index contributed by atoms with van der Waals surface area (Å²) in [7, 11) is 0. The molecule has 0 saturated carbocycles. The summed E-state index contributed by atoms with van der Waals surface area (Å²) in [6, 6.07) is 14.3. The van der Waals surface area contributed by atoms with Crippen LogP contribution in [0, 0.1) is 0 Å². The number of H-pyrrole nitrogens is 1. The van der Waals surface area contributed by atoms with E-state index in [0.717, 1.165) is 21.9 Å². The van der Waals surface area contributed by atoms with Crippen LogP contribution in [0.3, 0.4) is 0 Å². The van der Waals surface area contributed by atoms with E-state index in [1.54, 1.807) is 43.0 Å². The van der Waals surface area contributed by atoms with E-state index in [4.69, 9.17) is 22.1 Å². The molecule has 3 heterocycles. The van der Waals surface area contributed by atoms with Crippen molar-refractivity contribution in [2.45, 2.75) is 6.54 Å². The number of carbonyl (C=O) groups excluding carboxylic acids is 1. The lowest BCUT2D eigenvalue weighted by atomic mass is 10.1. The van der Waals surface area contributed by atoms with Crippen molar-refractivity contribution in [1.82, 2.24) is 19.5 Å². The van der Waals surface area contributed by atoms with E-state index in [0.29, 0.717) is 27.9 Å². The van der Waals surface area contributed by atoms with Gasteiger partial charge in [-0.25, -0.2) is 9.97 Å². The lowest BCUT2D eigenvalue weighted by molar-refractivity contribution is 0.0975. The molecule has 148 valence electrons. The number of nitrogen functional groups attached to an aromatic ring is 1. The average Bonchev–Trinajstić information content (AvgIpc) is 3.31. The number of nitrogens with two attached hydrogens (primary N) is 1. The molecule has 5 aromatic rings. The molecule has 30 heavy (non-hydrogen) atoms. The third kappa shape index (κ3) is 3.35. The standard InChI is InChI=1S/C22H16ClN5O2/c23-13-1-4-20-19(7-13)27-12-28(20)11-21(29)17-10-26-18-8-14(2-3-16(17)18)30-15-5-6-25-22(24)9-15/h1-10,12,26H,11H2,(H2,24,25). The van der Waals surface area contributed by atoms with Gasteiger partial charge in [-0.1, -0.05) is 11.6 Å². The number of ketones is 1. The SMILES string of the molecule is Nc1cc(Oc2ccc3c(C(=O)Cn4cnc5cc(Cl)ccc54)c[nH]c3c2)ccn1. The van der Waals surface area contributed by atoms with Crippen molar-refractivity contribution in [3.05, 3.63) is 77.8 Å². The fraction of sp³-hybridized carbons (Fsp3) is 0.0455. The first-order valence-corrected chi connectivity index (χ1v) is 9.59. The fourth-order valence-electron chi connectivity index (χ4n) is 3.43. The zero-order valence-corrected chi connectivity index (χ0v) is 16.4. The third-order valence-corrected chi connectivity index (χ3v) is 5.07. The number of nitrogens with one attached hydrogen (secondary N) is 1. The zero-order chi connectivity index (χ0) is 20.7. The fourth-order valence-corrected chi connectivity index (χ4v) is 3.60. The van der Waals surface area contributed by atoms with Gasteiger partial charge < -0.3 is 20.0 Å². The lowest BCUT2D eigenvalue weighted by Gasteiger charge is -2.06.